The van der Waals surface area contributed by atoms with Crippen LogP contribution in [0.4, 0.5) is 4.39 Å². The van der Waals surface area contributed by atoms with Crippen LogP contribution in [-0.2, 0) is 6.54 Å². The first-order chi connectivity index (χ1) is 10.1. The lowest BCUT2D eigenvalue weighted by Gasteiger charge is -2.20. The molecule has 0 heterocycles. The van der Waals surface area contributed by atoms with Crippen molar-refractivity contribution in [2.75, 3.05) is 13.6 Å². The molecule has 0 radical (unpaired) electrons. The summed E-state index contributed by atoms with van der Waals surface area (Å²) in [7, 11) is 2.03. The highest BCUT2D eigenvalue weighted by Gasteiger charge is 2.10. The molecule has 0 fully saturated rings. The van der Waals surface area contributed by atoms with Crippen molar-refractivity contribution in [3.05, 3.63) is 69.9 Å². The Morgan fingerprint density at radius 2 is 1.95 bits per heavy atom. The van der Waals surface area contributed by atoms with Crippen molar-refractivity contribution in [1.29, 1.82) is 0 Å². The van der Waals surface area contributed by atoms with Gasteiger partial charge in [-0.05, 0) is 49.3 Å². The molecule has 112 valence electrons. The molecule has 4 heteroatoms. The summed E-state index contributed by atoms with van der Waals surface area (Å²) >= 11 is 3.53. The van der Waals surface area contributed by atoms with Gasteiger partial charge in [-0.25, -0.2) is 4.39 Å². The summed E-state index contributed by atoms with van der Waals surface area (Å²) in [5, 5.41) is 0. The number of hydrogen-bond donors (Lipinski definition) is 1. The fourth-order valence-electron chi connectivity index (χ4n) is 2.32. The number of rotatable bonds is 6. The maximum absolute atomic E-state index is 13.2. The fraction of sp³-hybridized carbons (Fsp3) is 0.294. The Bertz CT molecular complexity index is 589. The van der Waals surface area contributed by atoms with Gasteiger partial charge in [0, 0.05) is 17.1 Å². The van der Waals surface area contributed by atoms with Crippen LogP contribution in [0.5, 0.6) is 0 Å². The Hall–Kier alpha value is -1.23. The lowest BCUT2D eigenvalue weighted by molar-refractivity contribution is 0.311. The summed E-state index contributed by atoms with van der Waals surface area (Å²) in [5.74, 6) is -0.189. The number of nitrogens with two attached hydrogens (primary N) is 1. The smallest absolute Gasteiger partial charge is 0.123 e. The van der Waals surface area contributed by atoms with E-state index in [1.54, 1.807) is 12.1 Å². The minimum absolute atomic E-state index is 0.00413. The first-order valence-electron chi connectivity index (χ1n) is 6.99. The standard InChI is InChI=1S/C17H20BrFN2/c1-21(12-13-5-4-6-14(19)11-13)10-9-17(20)15-7-2-3-8-16(15)18/h2-8,11,17H,9-10,12,20H2,1H3. The molecule has 1 atom stereocenters. The lowest BCUT2D eigenvalue weighted by Crippen LogP contribution is -2.23. The zero-order valence-electron chi connectivity index (χ0n) is 12.1. The molecule has 2 N–H and O–H groups in total. The number of hydrogen-bond acceptors (Lipinski definition) is 2. The molecule has 2 rings (SSSR count). The second-order valence-electron chi connectivity index (χ2n) is 5.28. The Labute approximate surface area is 133 Å². The van der Waals surface area contributed by atoms with E-state index >= 15 is 0 Å². The van der Waals surface area contributed by atoms with Gasteiger partial charge in [-0.3, -0.25) is 0 Å². The van der Waals surface area contributed by atoms with Crippen LogP contribution < -0.4 is 5.73 Å². The third-order valence-corrected chi connectivity index (χ3v) is 4.19. The van der Waals surface area contributed by atoms with E-state index in [4.69, 9.17) is 5.73 Å². The first-order valence-corrected chi connectivity index (χ1v) is 7.78. The molecule has 21 heavy (non-hydrogen) atoms. The largest absolute Gasteiger partial charge is 0.324 e. The predicted molar refractivity (Wildman–Crippen MR) is 88.4 cm³/mol. The van der Waals surface area contributed by atoms with Crippen LogP contribution in [-0.4, -0.2) is 18.5 Å². The minimum Gasteiger partial charge on any atom is -0.324 e. The van der Waals surface area contributed by atoms with Crippen LogP contribution in [0, 0.1) is 5.82 Å². The molecule has 0 saturated heterocycles. The average Bonchev–Trinajstić information content (AvgIpc) is 2.45. The zero-order chi connectivity index (χ0) is 15.2. The van der Waals surface area contributed by atoms with E-state index in [-0.39, 0.29) is 11.9 Å². The van der Waals surface area contributed by atoms with Gasteiger partial charge in [0.1, 0.15) is 5.82 Å². The van der Waals surface area contributed by atoms with E-state index in [9.17, 15) is 4.39 Å². The molecule has 0 aliphatic heterocycles. The molecule has 2 aromatic carbocycles. The molecular formula is C17H20BrFN2. The van der Waals surface area contributed by atoms with Crippen LogP contribution in [0.2, 0.25) is 0 Å². The SMILES string of the molecule is CN(CCC(N)c1ccccc1Br)Cc1cccc(F)c1. The third kappa shape index (κ3) is 4.92. The monoisotopic (exact) mass is 350 g/mol. The Morgan fingerprint density at radius 3 is 2.67 bits per heavy atom. The van der Waals surface area contributed by atoms with Gasteiger partial charge in [-0.2, -0.15) is 0 Å². The van der Waals surface area contributed by atoms with Gasteiger partial charge < -0.3 is 10.6 Å². The van der Waals surface area contributed by atoms with Gasteiger partial charge >= 0.3 is 0 Å². The molecule has 0 saturated carbocycles. The van der Waals surface area contributed by atoms with E-state index in [2.05, 4.69) is 20.8 Å². The highest BCUT2D eigenvalue weighted by molar-refractivity contribution is 9.10. The Morgan fingerprint density at radius 1 is 1.19 bits per heavy atom. The molecule has 0 bridgehead atoms. The van der Waals surface area contributed by atoms with Crippen LogP contribution in [0.1, 0.15) is 23.6 Å². The molecule has 2 aromatic rings. The molecule has 0 aliphatic rings. The highest BCUT2D eigenvalue weighted by Crippen LogP contribution is 2.23. The lowest BCUT2D eigenvalue weighted by atomic mass is 10.0. The topological polar surface area (TPSA) is 29.3 Å². The highest BCUT2D eigenvalue weighted by atomic mass is 79.9. The molecule has 2 nitrogen and oxygen atoms in total. The summed E-state index contributed by atoms with van der Waals surface area (Å²) in [4.78, 5) is 2.16. The van der Waals surface area contributed by atoms with Crippen LogP contribution in [0.25, 0.3) is 0 Å². The Balaban J connectivity index is 1.86. The normalized spacial score (nSPS) is 12.6. The van der Waals surface area contributed by atoms with Crippen molar-refractivity contribution in [1.82, 2.24) is 4.90 Å². The predicted octanol–water partition coefficient (Wildman–Crippen LogP) is 4.11. The summed E-state index contributed by atoms with van der Waals surface area (Å²) in [6.07, 6.45) is 0.856. The summed E-state index contributed by atoms with van der Waals surface area (Å²) in [6, 6.07) is 14.7. The van der Waals surface area contributed by atoms with Crippen molar-refractivity contribution >= 4 is 15.9 Å². The van der Waals surface area contributed by atoms with E-state index in [1.807, 2.05) is 37.4 Å². The van der Waals surface area contributed by atoms with Gasteiger partial charge in [0.15, 0.2) is 0 Å². The first kappa shape index (κ1) is 16.1. The van der Waals surface area contributed by atoms with Crippen LogP contribution >= 0.6 is 15.9 Å². The molecular weight excluding hydrogens is 331 g/mol. The molecule has 0 aliphatic carbocycles. The second kappa shape index (κ2) is 7.69. The second-order valence-corrected chi connectivity index (χ2v) is 6.14. The van der Waals surface area contributed by atoms with E-state index < -0.39 is 0 Å². The summed E-state index contributed by atoms with van der Waals surface area (Å²) < 4.78 is 14.2. The average molecular weight is 351 g/mol. The van der Waals surface area contributed by atoms with Crippen molar-refractivity contribution < 1.29 is 4.39 Å². The summed E-state index contributed by atoms with van der Waals surface area (Å²) in [6.45, 7) is 1.58. The van der Waals surface area contributed by atoms with E-state index in [1.165, 1.54) is 6.07 Å². The van der Waals surface area contributed by atoms with Crippen LogP contribution in [0.3, 0.4) is 0 Å². The Kier molecular flexibility index (Phi) is 5.91. The van der Waals surface area contributed by atoms with Gasteiger partial charge in [0.05, 0.1) is 0 Å². The van der Waals surface area contributed by atoms with E-state index in [0.717, 1.165) is 35.1 Å². The maximum atomic E-state index is 13.2. The van der Waals surface area contributed by atoms with Gasteiger partial charge in [-0.15, -0.1) is 0 Å². The van der Waals surface area contributed by atoms with Gasteiger partial charge in [0.25, 0.3) is 0 Å². The number of benzene rings is 2. The van der Waals surface area contributed by atoms with E-state index in [0.29, 0.717) is 0 Å². The number of nitrogens with zero attached hydrogens (tertiary/aromatic N) is 1. The van der Waals surface area contributed by atoms with Crippen molar-refractivity contribution in [3.63, 3.8) is 0 Å². The van der Waals surface area contributed by atoms with Crippen molar-refractivity contribution in [2.45, 2.75) is 19.0 Å². The quantitative estimate of drug-likeness (QED) is 0.849. The molecule has 0 amide bonds. The zero-order valence-corrected chi connectivity index (χ0v) is 13.7. The van der Waals surface area contributed by atoms with Crippen molar-refractivity contribution in [2.24, 2.45) is 5.73 Å². The molecule has 0 spiro atoms. The van der Waals surface area contributed by atoms with Gasteiger partial charge in [0.2, 0.25) is 0 Å². The maximum Gasteiger partial charge on any atom is 0.123 e. The number of halogens is 2. The van der Waals surface area contributed by atoms with Crippen LogP contribution in [0.15, 0.2) is 53.0 Å². The van der Waals surface area contributed by atoms with Crippen molar-refractivity contribution in [3.8, 4) is 0 Å². The fourth-order valence-corrected chi connectivity index (χ4v) is 2.90. The molecule has 0 aromatic heterocycles. The van der Waals surface area contributed by atoms with Gasteiger partial charge in [-0.1, -0.05) is 46.3 Å². The third-order valence-electron chi connectivity index (χ3n) is 3.47. The minimum atomic E-state index is -0.189. The summed E-state index contributed by atoms with van der Waals surface area (Å²) in [5.41, 5.74) is 8.35. The molecule has 1 unspecified atom stereocenters.